The van der Waals surface area contributed by atoms with Crippen LogP contribution in [-0.4, -0.2) is 7.11 Å². The highest BCUT2D eigenvalue weighted by atomic mass is 79.9. The Morgan fingerprint density at radius 1 is 1.55 bits per heavy atom. The van der Waals surface area contributed by atoms with E-state index in [9.17, 15) is 0 Å². The van der Waals surface area contributed by atoms with E-state index in [4.69, 9.17) is 16.3 Å². The lowest BCUT2D eigenvalue weighted by Crippen LogP contribution is -1.87. The predicted octanol–water partition coefficient (Wildman–Crippen LogP) is 3.20. The van der Waals surface area contributed by atoms with E-state index in [1.165, 1.54) is 0 Å². The number of benzene rings is 1. The second-order valence-corrected chi connectivity index (χ2v) is 3.13. The number of halogens is 2. The van der Waals surface area contributed by atoms with Gasteiger partial charge in [0.1, 0.15) is 5.75 Å². The van der Waals surface area contributed by atoms with E-state index < -0.39 is 0 Å². The summed E-state index contributed by atoms with van der Waals surface area (Å²) in [6, 6.07) is 5.76. The van der Waals surface area contributed by atoms with Gasteiger partial charge in [-0.05, 0) is 27.6 Å². The van der Waals surface area contributed by atoms with Crippen molar-refractivity contribution in [3.05, 3.63) is 28.2 Å². The molecule has 0 aliphatic heterocycles. The van der Waals surface area contributed by atoms with Crippen LogP contribution in [0.1, 0.15) is 5.56 Å². The van der Waals surface area contributed by atoms with E-state index in [1.54, 1.807) is 7.11 Å². The molecular weight excluding hydrogens is 227 g/mol. The number of ether oxygens (including phenoxy) is 1. The van der Waals surface area contributed by atoms with Crippen LogP contribution in [0.3, 0.4) is 0 Å². The summed E-state index contributed by atoms with van der Waals surface area (Å²) in [5, 5.41) is 0. The molecular formula is C8H8BrClO. The van der Waals surface area contributed by atoms with Gasteiger partial charge in [-0.2, -0.15) is 0 Å². The molecule has 0 atom stereocenters. The summed E-state index contributed by atoms with van der Waals surface area (Å²) in [5.74, 6) is 1.32. The van der Waals surface area contributed by atoms with Crippen molar-refractivity contribution >= 4 is 27.5 Å². The molecule has 0 saturated heterocycles. The number of methoxy groups -OCH3 is 1. The first-order valence-electron chi connectivity index (χ1n) is 3.17. The Kier molecular flexibility index (Phi) is 3.21. The Morgan fingerprint density at radius 3 is 2.82 bits per heavy atom. The number of hydrogen-bond donors (Lipinski definition) is 0. The lowest BCUT2D eigenvalue weighted by molar-refractivity contribution is 0.411. The van der Waals surface area contributed by atoms with Gasteiger partial charge < -0.3 is 4.74 Å². The van der Waals surface area contributed by atoms with Gasteiger partial charge >= 0.3 is 0 Å². The fourth-order valence-corrected chi connectivity index (χ4v) is 1.77. The molecule has 0 unspecified atom stereocenters. The minimum Gasteiger partial charge on any atom is -0.496 e. The maximum Gasteiger partial charge on any atom is 0.133 e. The van der Waals surface area contributed by atoms with Crippen molar-refractivity contribution in [2.24, 2.45) is 0 Å². The van der Waals surface area contributed by atoms with E-state index in [0.717, 1.165) is 15.8 Å². The molecule has 0 amide bonds. The molecule has 0 saturated carbocycles. The third-order valence-corrected chi connectivity index (χ3v) is 2.60. The van der Waals surface area contributed by atoms with E-state index in [2.05, 4.69) is 15.9 Å². The van der Waals surface area contributed by atoms with E-state index in [-0.39, 0.29) is 0 Å². The van der Waals surface area contributed by atoms with Crippen molar-refractivity contribution in [1.82, 2.24) is 0 Å². The highest BCUT2D eigenvalue weighted by Gasteiger charge is 2.03. The fourth-order valence-electron chi connectivity index (χ4n) is 0.817. The molecule has 0 heterocycles. The summed E-state index contributed by atoms with van der Waals surface area (Å²) < 4.78 is 6.02. The first-order chi connectivity index (χ1) is 5.29. The van der Waals surface area contributed by atoms with Crippen LogP contribution in [0.25, 0.3) is 0 Å². The Morgan fingerprint density at radius 2 is 2.27 bits per heavy atom. The molecule has 0 bridgehead atoms. The van der Waals surface area contributed by atoms with Crippen LogP contribution in [0.4, 0.5) is 0 Å². The maximum atomic E-state index is 5.68. The molecule has 1 rings (SSSR count). The largest absolute Gasteiger partial charge is 0.496 e. The summed E-state index contributed by atoms with van der Waals surface area (Å²) in [5.41, 5.74) is 1.05. The van der Waals surface area contributed by atoms with E-state index in [1.807, 2.05) is 18.2 Å². The molecule has 0 radical (unpaired) electrons. The van der Waals surface area contributed by atoms with E-state index >= 15 is 0 Å². The van der Waals surface area contributed by atoms with Crippen LogP contribution in [0.5, 0.6) is 5.75 Å². The highest BCUT2D eigenvalue weighted by molar-refractivity contribution is 9.10. The van der Waals surface area contributed by atoms with Crippen molar-refractivity contribution in [3.63, 3.8) is 0 Å². The summed E-state index contributed by atoms with van der Waals surface area (Å²) in [7, 11) is 1.64. The molecule has 0 aliphatic carbocycles. The first kappa shape index (κ1) is 8.88. The molecule has 0 aromatic heterocycles. The second-order valence-electron chi connectivity index (χ2n) is 2.07. The SMILES string of the molecule is COc1cccc(CCl)c1Br. The number of alkyl halides is 1. The summed E-state index contributed by atoms with van der Waals surface area (Å²) in [6.45, 7) is 0. The van der Waals surface area contributed by atoms with Crippen LogP contribution >= 0.6 is 27.5 Å². The second kappa shape index (κ2) is 3.98. The Balaban J connectivity index is 3.10. The zero-order valence-corrected chi connectivity index (χ0v) is 8.45. The monoisotopic (exact) mass is 234 g/mol. The maximum absolute atomic E-state index is 5.68. The van der Waals surface area contributed by atoms with Crippen molar-refractivity contribution in [2.45, 2.75) is 5.88 Å². The number of hydrogen-bond acceptors (Lipinski definition) is 1. The van der Waals surface area contributed by atoms with Crippen LogP contribution < -0.4 is 4.74 Å². The van der Waals surface area contributed by atoms with Crippen molar-refractivity contribution in [2.75, 3.05) is 7.11 Å². The Hall–Kier alpha value is -0.210. The minimum atomic E-state index is 0.498. The van der Waals surface area contributed by atoms with Gasteiger partial charge in [0, 0.05) is 5.88 Å². The first-order valence-corrected chi connectivity index (χ1v) is 4.49. The smallest absolute Gasteiger partial charge is 0.133 e. The van der Waals surface area contributed by atoms with E-state index in [0.29, 0.717) is 5.88 Å². The highest BCUT2D eigenvalue weighted by Crippen LogP contribution is 2.28. The third-order valence-electron chi connectivity index (χ3n) is 1.41. The third kappa shape index (κ3) is 1.88. The molecule has 0 spiro atoms. The molecule has 0 N–H and O–H groups in total. The zero-order chi connectivity index (χ0) is 8.27. The minimum absolute atomic E-state index is 0.498. The van der Waals surface area contributed by atoms with Crippen molar-refractivity contribution in [1.29, 1.82) is 0 Å². The summed E-state index contributed by atoms with van der Waals surface area (Å²) >= 11 is 9.07. The lowest BCUT2D eigenvalue weighted by Gasteiger charge is -2.05. The molecule has 1 aromatic carbocycles. The van der Waals surface area contributed by atoms with Crippen LogP contribution in [0.2, 0.25) is 0 Å². The fraction of sp³-hybridized carbons (Fsp3) is 0.250. The molecule has 1 nitrogen and oxygen atoms in total. The summed E-state index contributed by atoms with van der Waals surface area (Å²) in [4.78, 5) is 0. The quantitative estimate of drug-likeness (QED) is 0.715. The molecule has 60 valence electrons. The van der Waals surface area contributed by atoms with Gasteiger partial charge in [-0.15, -0.1) is 11.6 Å². The molecule has 0 aliphatic rings. The Bertz CT molecular complexity index is 228. The molecule has 0 fully saturated rings. The summed E-state index contributed by atoms with van der Waals surface area (Å²) in [6.07, 6.45) is 0. The predicted molar refractivity (Wildman–Crippen MR) is 50.3 cm³/mol. The van der Waals surface area contributed by atoms with Crippen LogP contribution in [-0.2, 0) is 5.88 Å². The average Bonchev–Trinajstić information content (AvgIpc) is 2.05. The molecule has 11 heavy (non-hydrogen) atoms. The van der Waals surface area contributed by atoms with Gasteiger partial charge in [-0.1, -0.05) is 12.1 Å². The van der Waals surface area contributed by atoms with Gasteiger partial charge in [0.2, 0.25) is 0 Å². The van der Waals surface area contributed by atoms with Crippen LogP contribution in [0, 0.1) is 0 Å². The Labute approximate surface area is 79.4 Å². The van der Waals surface area contributed by atoms with Gasteiger partial charge in [0.25, 0.3) is 0 Å². The lowest BCUT2D eigenvalue weighted by atomic mass is 10.2. The number of rotatable bonds is 2. The molecule has 3 heteroatoms. The topological polar surface area (TPSA) is 9.23 Å². The van der Waals surface area contributed by atoms with Crippen molar-refractivity contribution < 1.29 is 4.74 Å². The van der Waals surface area contributed by atoms with Gasteiger partial charge in [-0.25, -0.2) is 0 Å². The van der Waals surface area contributed by atoms with Gasteiger partial charge in [-0.3, -0.25) is 0 Å². The molecule has 1 aromatic rings. The van der Waals surface area contributed by atoms with Crippen molar-refractivity contribution in [3.8, 4) is 5.75 Å². The normalized spacial score (nSPS) is 9.73. The van der Waals surface area contributed by atoms with Crippen LogP contribution in [0.15, 0.2) is 22.7 Å². The zero-order valence-electron chi connectivity index (χ0n) is 6.10. The standard InChI is InChI=1S/C8H8BrClO/c1-11-7-4-2-3-6(5-10)8(7)9/h2-4H,5H2,1H3. The average molecular weight is 236 g/mol. The van der Waals surface area contributed by atoms with Gasteiger partial charge in [0.05, 0.1) is 11.6 Å². The van der Waals surface area contributed by atoms with Gasteiger partial charge in [0.15, 0.2) is 0 Å².